The summed E-state index contributed by atoms with van der Waals surface area (Å²) in [6, 6.07) is 0. The number of hydrogen-bond donors (Lipinski definition) is 0. The van der Waals surface area contributed by atoms with Gasteiger partial charge in [-0.25, -0.2) is 0 Å². The van der Waals surface area contributed by atoms with Gasteiger partial charge in [0, 0.05) is 0 Å². The second-order valence-corrected chi connectivity index (χ2v) is 13.6. The van der Waals surface area contributed by atoms with E-state index in [1.165, 1.54) is 0 Å². The number of hydrogen-bond acceptors (Lipinski definition) is 21. The fraction of sp³-hybridized carbons (Fsp3) is 0. The van der Waals surface area contributed by atoms with Crippen molar-refractivity contribution in [3.63, 3.8) is 0 Å². The van der Waals surface area contributed by atoms with Crippen LogP contribution in [0.2, 0.25) is 0 Å². The molecule has 0 atom stereocenters. The van der Waals surface area contributed by atoms with Crippen LogP contribution in [-0.2, 0) is 136 Å². The predicted octanol–water partition coefficient (Wildman–Crippen LogP) is -8.78. The SMILES string of the molecule is [Lu+3].[Lu+3].[O]=[Cr](=[O])([O-])[O][Cr](=[O])(=[O])[O-].[O]=[Cr](=[O])([O-])[O][Cr](=[O])(=[O])[O-].[O]=[Cr](=[O])([O-])[O][Cr](=[O])(=[O])[O-]. The summed E-state index contributed by atoms with van der Waals surface area (Å²) in [6.07, 6.45) is 0. The average Bonchev–Trinajstić information content (AvgIpc) is 1.96. The van der Waals surface area contributed by atoms with Crippen LogP contribution in [0.4, 0.5) is 0 Å². The van der Waals surface area contributed by atoms with Gasteiger partial charge >= 0.3 is 235 Å². The maximum atomic E-state index is 9.38. The average molecular weight is 998 g/mol. The van der Waals surface area contributed by atoms with Crippen LogP contribution in [-0.4, -0.2) is 0 Å². The van der Waals surface area contributed by atoms with Gasteiger partial charge in [-0.1, -0.05) is 0 Å². The van der Waals surface area contributed by atoms with Gasteiger partial charge in [-0.15, -0.1) is 0 Å². The van der Waals surface area contributed by atoms with E-state index < -0.39 is 81.7 Å². The third-order valence-corrected chi connectivity index (χ3v) is 8.50. The minimum atomic E-state index is -6.07. The Bertz CT molecular complexity index is 854. The molecule has 0 saturated carbocycles. The quantitative estimate of drug-likeness (QED) is 0.238. The van der Waals surface area contributed by atoms with E-state index in [1.807, 2.05) is 0 Å². The molecule has 0 aliphatic carbocycles. The van der Waals surface area contributed by atoms with Gasteiger partial charge in [0.05, 0.1) is 0 Å². The van der Waals surface area contributed by atoms with Crippen LogP contribution in [0.5, 0.6) is 0 Å². The summed E-state index contributed by atoms with van der Waals surface area (Å²) in [6.45, 7) is 0. The normalized spacial score (nSPS) is 12.6. The van der Waals surface area contributed by atoms with Crippen molar-refractivity contribution in [3.8, 4) is 0 Å². The van der Waals surface area contributed by atoms with Gasteiger partial charge in [0.15, 0.2) is 0 Å². The molecule has 0 bridgehead atoms. The van der Waals surface area contributed by atoms with Gasteiger partial charge in [-0.2, -0.15) is 0 Å². The van der Waals surface area contributed by atoms with E-state index in [0.717, 1.165) is 0 Å². The fourth-order valence-electron chi connectivity index (χ4n) is 0.306. The Morgan fingerprint density at radius 2 is 0.379 bits per heavy atom. The molecule has 0 fully saturated rings. The molecule has 29 heteroatoms. The van der Waals surface area contributed by atoms with Crippen molar-refractivity contribution in [3.05, 3.63) is 0 Å². The topological polar surface area (TPSA) is 371 Å². The van der Waals surface area contributed by atoms with Gasteiger partial charge in [0.1, 0.15) is 0 Å². The molecule has 0 aromatic carbocycles. The molecule has 0 spiro atoms. The molecule has 192 valence electrons. The Hall–Kier alpha value is 2.90. The zero-order chi connectivity index (χ0) is 23.1. The van der Waals surface area contributed by atoms with Gasteiger partial charge in [0.2, 0.25) is 0 Å². The molecule has 0 aromatic heterocycles. The monoisotopic (exact) mass is 997 g/mol. The summed E-state index contributed by atoms with van der Waals surface area (Å²) >= 11 is -36.4. The molecule has 0 aromatic rings. The van der Waals surface area contributed by atoms with Gasteiger partial charge < -0.3 is 0 Å². The molecule has 0 unspecified atom stereocenters. The molecule has 0 aliphatic heterocycles. The Morgan fingerprint density at radius 3 is 0.379 bits per heavy atom. The molecule has 0 radical (unpaired) electrons. The van der Waals surface area contributed by atoms with Gasteiger partial charge in [-0.3, -0.25) is 0 Å². The summed E-state index contributed by atoms with van der Waals surface area (Å²) in [4.78, 5) is 0. The third-order valence-electron chi connectivity index (χ3n) is 0.500. The van der Waals surface area contributed by atoms with Gasteiger partial charge in [-0.05, 0) is 0 Å². The number of rotatable bonds is 6. The Morgan fingerprint density at radius 1 is 0.310 bits per heavy atom. The molecule has 0 heterocycles. The van der Waals surface area contributed by atoms with Crippen LogP contribution < -0.4 is 24.9 Å². The second kappa shape index (κ2) is 15.7. The molecule has 29 heavy (non-hydrogen) atoms. The van der Waals surface area contributed by atoms with E-state index in [4.69, 9.17) is 0 Å². The van der Waals surface area contributed by atoms with E-state index in [9.17, 15) is 70.6 Å². The predicted molar refractivity (Wildman–Crippen MR) is 11.5 cm³/mol. The maximum absolute atomic E-state index is 9.38. The van der Waals surface area contributed by atoms with Crippen LogP contribution >= 0.6 is 0 Å². The van der Waals surface area contributed by atoms with E-state index in [-0.39, 0.29) is 73.7 Å². The summed E-state index contributed by atoms with van der Waals surface area (Å²) in [7, 11) is 0. The zero-order valence-corrected chi connectivity index (χ0v) is 22.5. The molecule has 21 nitrogen and oxygen atoms in total. The van der Waals surface area contributed by atoms with E-state index >= 15 is 0 Å². The first-order valence-electron chi connectivity index (χ1n) is 4.00. The zero-order valence-electron chi connectivity index (χ0n) is 11.5. The first-order valence-corrected chi connectivity index (χ1v) is 16.5. The van der Waals surface area contributed by atoms with E-state index in [0.29, 0.717) is 0 Å². The molecular formula is Cr6Lu2O21. The second-order valence-electron chi connectivity index (χ2n) is 2.65. The van der Waals surface area contributed by atoms with Crippen molar-refractivity contribution in [1.82, 2.24) is 0 Å². The van der Waals surface area contributed by atoms with Crippen LogP contribution in [0, 0.1) is 73.7 Å². The van der Waals surface area contributed by atoms with Crippen molar-refractivity contribution in [2.75, 3.05) is 0 Å². The molecule has 0 N–H and O–H groups in total. The van der Waals surface area contributed by atoms with E-state index in [2.05, 4.69) is 8.52 Å². The summed E-state index contributed by atoms with van der Waals surface area (Å²) < 4.78 is 177. The summed E-state index contributed by atoms with van der Waals surface area (Å²) in [5.41, 5.74) is 0. The minimum absolute atomic E-state index is 0. The van der Waals surface area contributed by atoms with Crippen LogP contribution in [0.3, 0.4) is 0 Å². The molecular weight excluding hydrogens is 998 g/mol. The molecule has 0 rings (SSSR count). The summed E-state index contributed by atoms with van der Waals surface area (Å²) in [5, 5.41) is 0. The van der Waals surface area contributed by atoms with Gasteiger partial charge in [0.25, 0.3) is 0 Å². The Labute approximate surface area is 230 Å². The van der Waals surface area contributed by atoms with Crippen LogP contribution in [0.15, 0.2) is 0 Å². The third kappa shape index (κ3) is 59.1. The van der Waals surface area contributed by atoms with Crippen molar-refractivity contribution < 1.29 is 235 Å². The first-order chi connectivity index (χ1) is 11.1. The van der Waals surface area contributed by atoms with Crippen LogP contribution in [0.1, 0.15) is 0 Å². The van der Waals surface area contributed by atoms with Crippen molar-refractivity contribution in [2.24, 2.45) is 0 Å². The van der Waals surface area contributed by atoms with Crippen molar-refractivity contribution in [1.29, 1.82) is 0 Å². The standard InChI is InChI=1S/6Cr.2Lu.21O/q;;;;;;2*+3;;;;;;;;;;;;;;;;6*-1. The van der Waals surface area contributed by atoms with Crippen molar-refractivity contribution in [2.45, 2.75) is 0 Å². The van der Waals surface area contributed by atoms with Crippen LogP contribution in [0.25, 0.3) is 0 Å². The molecule has 0 saturated heterocycles. The Balaban J connectivity index is -0.0000000960. The van der Waals surface area contributed by atoms with Crippen molar-refractivity contribution >= 4 is 0 Å². The Kier molecular flexibility index (Phi) is 22.8. The molecule has 0 amide bonds. The van der Waals surface area contributed by atoms with E-state index in [1.54, 1.807) is 0 Å². The fourth-order valence-corrected chi connectivity index (χ4v) is 5.21. The molecule has 0 aliphatic rings. The summed E-state index contributed by atoms with van der Waals surface area (Å²) in [5.74, 6) is 0. The first kappa shape index (κ1) is 42.1.